The molecule has 1 saturated heterocycles. The van der Waals surface area contributed by atoms with E-state index in [1.54, 1.807) is 0 Å². The molecular formula is C8H11N3O2. The van der Waals surface area contributed by atoms with E-state index >= 15 is 0 Å². The molecule has 0 aromatic carbocycles. The van der Waals surface area contributed by atoms with Gasteiger partial charge in [0.1, 0.15) is 0 Å². The van der Waals surface area contributed by atoms with Crippen LogP contribution in [0.1, 0.15) is 13.3 Å². The Morgan fingerprint density at radius 3 is 2.38 bits per heavy atom. The maximum Gasteiger partial charge on any atom is 0.316 e. The van der Waals surface area contributed by atoms with Gasteiger partial charge in [0.25, 0.3) is 0 Å². The van der Waals surface area contributed by atoms with E-state index in [0.717, 1.165) is 5.92 Å². The Morgan fingerprint density at radius 2 is 1.92 bits per heavy atom. The zero-order valence-electron chi connectivity index (χ0n) is 7.33. The first-order valence-corrected chi connectivity index (χ1v) is 4.33. The van der Waals surface area contributed by atoms with Crippen LogP contribution < -0.4 is 10.6 Å². The van der Waals surface area contributed by atoms with Crippen molar-refractivity contribution in [2.45, 2.75) is 13.3 Å². The molecule has 0 bridgehead atoms. The molecule has 5 nitrogen and oxygen atoms in total. The van der Waals surface area contributed by atoms with Gasteiger partial charge >= 0.3 is 11.8 Å². The second-order valence-corrected chi connectivity index (χ2v) is 3.57. The van der Waals surface area contributed by atoms with Gasteiger partial charge in [-0.3, -0.25) is 25.2 Å². The van der Waals surface area contributed by atoms with Crippen molar-refractivity contribution >= 4 is 17.8 Å². The quantitative estimate of drug-likeness (QED) is 0.550. The molecule has 1 aliphatic carbocycles. The van der Waals surface area contributed by atoms with Crippen LogP contribution in [0, 0.1) is 11.8 Å². The van der Waals surface area contributed by atoms with E-state index in [0.29, 0.717) is 18.4 Å². The van der Waals surface area contributed by atoms with E-state index in [4.69, 9.17) is 0 Å². The molecule has 2 unspecified atom stereocenters. The third-order valence-corrected chi connectivity index (χ3v) is 2.43. The van der Waals surface area contributed by atoms with Gasteiger partial charge in [0, 0.05) is 6.54 Å². The minimum absolute atomic E-state index is 0.300. The third kappa shape index (κ3) is 1.68. The Hall–Kier alpha value is -1.39. The molecule has 5 heteroatoms. The molecule has 0 aromatic heterocycles. The summed E-state index contributed by atoms with van der Waals surface area (Å²) in [6.45, 7) is 2.85. The molecule has 0 radical (unpaired) electrons. The summed E-state index contributed by atoms with van der Waals surface area (Å²) in [5.74, 6) is 0.415. The highest BCUT2D eigenvalue weighted by Gasteiger charge is 2.33. The monoisotopic (exact) mass is 181 g/mol. The summed E-state index contributed by atoms with van der Waals surface area (Å²) in [5, 5.41) is 4.70. The molecule has 2 N–H and O–H groups in total. The molecule has 0 spiro atoms. The van der Waals surface area contributed by atoms with E-state index < -0.39 is 11.8 Å². The summed E-state index contributed by atoms with van der Waals surface area (Å²) >= 11 is 0. The van der Waals surface area contributed by atoms with Gasteiger partial charge in [-0.2, -0.15) is 0 Å². The standard InChI is InChI=1S/C8H11N3O2/c1-4-2-5(4)3-9-8-10-6(12)7(13)11-8/h4-5H,2-3H2,1H3,(H2,9,10,11,12,13). The van der Waals surface area contributed by atoms with Crippen LogP contribution in [-0.2, 0) is 9.59 Å². The minimum Gasteiger partial charge on any atom is -0.288 e. The second kappa shape index (κ2) is 2.83. The number of carbonyl (C=O) groups is 2. The fraction of sp³-hybridized carbons (Fsp3) is 0.625. The van der Waals surface area contributed by atoms with Crippen molar-refractivity contribution < 1.29 is 9.59 Å². The number of nitrogens with zero attached hydrogens (tertiary/aromatic N) is 1. The maximum absolute atomic E-state index is 10.7. The van der Waals surface area contributed by atoms with Crippen molar-refractivity contribution in [3.63, 3.8) is 0 Å². The Balaban J connectivity index is 1.88. The topological polar surface area (TPSA) is 70.6 Å². The molecule has 70 valence electrons. The lowest BCUT2D eigenvalue weighted by atomic mass is 10.3. The van der Waals surface area contributed by atoms with Gasteiger partial charge in [-0.05, 0) is 18.3 Å². The van der Waals surface area contributed by atoms with Crippen molar-refractivity contribution in [3.05, 3.63) is 0 Å². The van der Waals surface area contributed by atoms with Gasteiger partial charge in [-0.25, -0.2) is 0 Å². The van der Waals surface area contributed by atoms with Gasteiger partial charge in [0.15, 0.2) is 0 Å². The highest BCUT2D eigenvalue weighted by molar-refractivity contribution is 6.45. The van der Waals surface area contributed by atoms with Crippen LogP contribution in [-0.4, -0.2) is 24.3 Å². The first kappa shape index (κ1) is 8.22. The van der Waals surface area contributed by atoms with E-state index in [1.807, 2.05) is 0 Å². The van der Waals surface area contributed by atoms with Crippen LogP contribution in [0.5, 0.6) is 0 Å². The first-order valence-electron chi connectivity index (χ1n) is 4.33. The lowest BCUT2D eigenvalue weighted by Gasteiger charge is -1.94. The Morgan fingerprint density at radius 1 is 1.38 bits per heavy atom. The number of aliphatic imine (C=N–C) groups is 1. The van der Waals surface area contributed by atoms with Crippen molar-refractivity contribution in [3.8, 4) is 0 Å². The molecule has 2 amide bonds. The third-order valence-electron chi connectivity index (χ3n) is 2.43. The Labute approximate surface area is 75.6 Å². The molecule has 2 rings (SSSR count). The number of nitrogens with one attached hydrogen (secondary N) is 2. The van der Waals surface area contributed by atoms with Crippen LogP contribution >= 0.6 is 0 Å². The molecule has 1 heterocycles. The lowest BCUT2D eigenvalue weighted by Crippen LogP contribution is -2.26. The number of hydrogen-bond donors (Lipinski definition) is 2. The summed E-state index contributed by atoms with van der Waals surface area (Å²) < 4.78 is 0. The highest BCUT2D eigenvalue weighted by Crippen LogP contribution is 2.37. The SMILES string of the molecule is CC1CC1CN=C1NC(=O)C(=O)N1. The van der Waals surface area contributed by atoms with E-state index in [-0.39, 0.29) is 0 Å². The van der Waals surface area contributed by atoms with Crippen molar-refractivity contribution in [1.29, 1.82) is 0 Å². The summed E-state index contributed by atoms with van der Waals surface area (Å²) in [6, 6.07) is 0. The average molecular weight is 181 g/mol. The van der Waals surface area contributed by atoms with Crippen molar-refractivity contribution in [2.24, 2.45) is 16.8 Å². The first-order chi connectivity index (χ1) is 6.16. The Bertz CT molecular complexity index is 280. The van der Waals surface area contributed by atoms with Crippen molar-refractivity contribution in [1.82, 2.24) is 10.6 Å². The number of hydrogen-bond acceptors (Lipinski definition) is 3. The summed E-state index contributed by atoms with van der Waals surface area (Å²) in [4.78, 5) is 25.5. The Kier molecular flexibility index (Phi) is 1.79. The number of guanidine groups is 1. The van der Waals surface area contributed by atoms with Crippen LogP contribution in [0.3, 0.4) is 0 Å². The average Bonchev–Trinajstić information content (AvgIpc) is 2.68. The predicted molar refractivity (Wildman–Crippen MR) is 45.9 cm³/mol. The molecule has 1 saturated carbocycles. The molecule has 2 aliphatic rings. The van der Waals surface area contributed by atoms with Crippen molar-refractivity contribution in [2.75, 3.05) is 6.54 Å². The number of amides is 2. The number of carbonyl (C=O) groups excluding carboxylic acids is 2. The fourth-order valence-electron chi connectivity index (χ4n) is 1.30. The van der Waals surface area contributed by atoms with Crippen LogP contribution in [0.4, 0.5) is 0 Å². The highest BCUT2D eigenvalue weighted by atomic mass is 16.2. The second-order valence-electron chi connectivity index (χ2n) is 3.57. The van der Waals surface area contributed by atoms with Gasteiger partial charge in [-0.1, -0.05) is 6.92 Å². The smallest absolute Gasteiger partial charge is 0.288 e. The van der Waals surface area contributed by atoms with E-state index in [9.17, 15) is 9.59 Å². The van der Waals surface area contributed by atoms with Gasteiger partial charge in [0.05, 0.1) is 0 Å². The lowest BCUT2D eigenvalue weighted by molar-refractivity contribution is -0.135. The maximum atomic E-state index is 10.7. The van der Waals surface area contributed by atoms with Crippen LogP contribution in [0.25, 0.3) is 0 Å². The zero-order valence-corrected chi connectivity index (χ0v) is 7.33. The van der Waals surface area contributed by atoms with Gasteiger partial charge < -0.3 is 0 Å². The molecule has 2 fully saturated rings. The van der Waals surface area contributed by atoms with Gasteiger partial charge in [0.2, 0.25) is 5.96 Å². The van der Waals surface area contributed by atoms with E-state index in [1.165, 1.54) is 6.42 Å². The molecule has 1 aliphatic heterocycles. The van der Waals surface area contributed by atoms with Crippen LogP contribution in [0.15, 0.2) is 4.99 Å². The number of rotatable bonds is 2. The fourth-order valence-corrected chi connectivity index (χ4v) is 1.30. The molecule has 2 atom stereocenters. The normalized spacial score (nSPS) is 31.3. The molecule has 0 aromatic rings. The predicted octanol–water partition coefficient (Wildman–Crippen LogP) is -0.756. The largest absolute Gasteiger partial charge is 0.316 e. The van der Waals surface area contributed by atoms with Crippen LogP contribution in [0.2, 0.25) is 0 Å². The summed E-state index contributed by atoms with van der Waals surface area (Å²) in [7, 11) is 0. The molecular weight excluding hydrogens is 170 g/mol. The summed E-state index contributed by atoms with van der Waals surface area (Å²) in [5.41, 5.74) is 0. The minimum atomic E-state index is -0.623. The molecule has 13 heavy (non-hydrogen) atoms. The summed E-state index contributed by atoms with van der Waals surface area (Å²) in [6.07, 6.45) is 1.19. The zero-order chi connectivity index (χ0) is 9.42. The van der Waals surface area contributed by atoms with Gasteiger partial charge in [-0.15, -0.1) is 0 Å². The van der Waals surface area contributed by atoms with E-state index in [2.05, 4.69) is 22.5 Å².